The zero-order chi connectivity index (χ0) is 21.6. The predicted octanol–water partition coefficient (Wildman–Crippen LogP) is 2.43. The molecule has 2 amide bonds. The number of nitrogens with zero attached hydrogens (tertiary/aromatic N) is 1. The first-order chi connectivity index (χ1) is 15.1. The molecular formula is C22H22ClN3O5. The van der Waals surface area contributed by atoms with Crippen LogP contribution in [-0.4, -0.2) is 43.5 Å². The molecule has 2 aliphatic heterocycles. The minimum atomic E-state index is -0.259. The number of ether oxygens (including phenoxy) is 3. The molecule has 0 aliphatic carbocycles. The molecule has 162 valence electrons. The van der Waals surface area contributed by atoms with Gasteiger partial charge in [0.2, 0.25) is 5.91 Å². The lowest BCUT2D eigenvalue weighted by atomic mass is 10.0. The number of hydrogen-bond acceptors (Lipinski definition) is 6. The van der Waals surface area contributed by atoms with E-state index in [1.54, 1.807) is 18.2 Å². The van der Waals surface area contributed by atoms with Gasteiger partial charge in [0.15, 0.2) is 6.61 Å². The molecule has 0 spiro atoms. The molecule has 4 rings (SSSR count). The average molecular weight is 444 g/mol. The van der Waals surface area contributed by atoms with Crippen molar-refractivity contribution in [2.24, 2.45) is 5.10 Å². The van der Waals surface area contributed by atoms with Crippen LogP contribution in [0.1, 0.15) is 24.0 Å². The lowest BCUT2D eigenvalue weighted by molar-refractivity contribution is -0.123. The first kappa shape index (κ1) is 21.1. The van der Waals surface area contributed by atoms with Gasteiger partial charge in [-0.3, -0.25) is 9.59 Å². The van der Waals surface area contributed by atoms with E-state index in [-0.39, 0.29) is 24.5 Å². The Morgan fingerprint density at radius 2 is 2.00 bits per heavy atom. The maximum atomic E-state index is 12.1. The summed E-state index contributed by atoms with van der Waals surface area (Å²) < 4.78 is 16.2. The third-order valence-electron chi connectivity index (χ3n) is 4.78. The lowest BCUT2D eigenvalue weighted by Crippen LogP contribution is -2.28. The minimum Gasteiger partial charge on any atom is -0.491 e. The Morgan fingerprint density at radius 3 is 2.68 bits per heavy atom. The zero-order valence-corrected chi connectivity index (χ0v) is 17.5. The summed E-state index contributed by atoms with van der Waals surface area (Å²) in [6, 6.07) is 12.7. The number of nitrogens with one attached hydrogen (secondary N) is 2. The molecule has 0 radical (unpaired) electrons. The van der Waals surface area contributed by atoms with Gasteiger partial charge in [0.1, 0.15) is 24.2 Å². The van der Waals surface area contributed by atoms with Crippen molar-refractivity contribution in [1.82, 2.24) is 10.7 Å². The van der Waals surface area contributed by atoms with Crippen LogP contribution in [0, 0.1) is 0 Å². The van der Waals surface area contributed by atoms with E-state index < -0.39 is 0 Å². The van der Waals surface area contributed by atoms with Gasteiger partial charge >= 0.3 is 0 Å². The second-order valence-electron chi connectivity index (χ2n) is 7.21. The highest BCUT2D eigenvalue weighted by Gasteiger charge is 2.23. The molecule has 2 aromatic carbocycles. The SMILES string of the molecule is O=C(COc1ccc(C2=NNC(=O)CC2)cc1Cl)NCc1ccc(OC[C@@H]2CO2)cc1. The summed E-state index contributed by atoms with van der Waals surface area (Å²) in [5, 5.41) is 7.23. The molecule has 1 fully saturated rings. The molecule has 2 N–H and O–H groups in total. The number of benzene rings is 2. The van der Waals surface area contributed by atoms with Gasteiger partial charge in [-0.2, -0.15) is 5.10 Å². The summed E-state index contributed by atoms with van der Waals surface area (Å²) in [5.74, 6) is 0.815. The molecule has 2 aromatic rings. The van der Waals surface area contributed by atoms with Gasteiger partial charge in [0.25, 0.3) is 5.91 Å². The molecule has 1 atom stereocenters. The number of hydrazone groups is 1. The van der Waals surface area contributed by atoms with Crippen molar-refractivity contribution < 1.29 is 23.8 Å². The number of hydrogen-bond donors (Lipinski definition) is 2. The normalized spacial score (nSPS) is 17.4. The Bertz CT molecular complexity index is 989. The van der Waals surface area contributed by atoms with Crippen molar-refractivity contribution in [3.63, 3.8) is 0 Å². The summed E-state index contributed by atoms with van der Waals surface area (Å²) in [7, 11) is 0. The third kappa shape index (κ3) is 6.19. The van der Waals surface area contributed by atoms with E-state index in [0.29, 0.717) is 36.8 Å². The molecule has 2 aliphatic rings. The standard InChI is InChI=1S/C22H22ClN3O5/c23-18-9-15(19-6-8-21(27)26-25-19)3-7-20(18)31-13-22(28)24-10-14-1-4-16(5-2-14)29-11-17-12-30-17/h1-5,7,9,17H,6,8,10-13H2,(H,24,28)(H,26,27)/t17-/m1/s1. The maximum absolute atomic E-state index is 12.1. The van der Waals surface area contributed by atoms with Gasteiger partial charge in [-0.25, -0.2) is 5.43 Å². The monoisotopic (exact) mass is 443 g/mol. The minimum absolute atomic E-state index is 0.103. The molecule has 0 bridgehead atoms. The molecular weight excluding hydrogens is 422 g/mol. The number of carbonyl (C=O) groups excluding carboxylic acids is 2. The Labute approximate surface area is 184 Å². The Morgan fingerprint density at radius 1 is 1.19 bits per heavy atom. The van der Waals surface area contributed by atoms with Gasteiger partial charge in [-0.15, -0.1) is 0 Å². The van der Waals surface area contributed by atoms with E-state index in [2.05, 4.69) is 15.8 Å². The topological polar surface area (TPSA) is 102 Å². The second-order valence-corrected chi connectivity index (χ2v) is 7.62. The van der Waals surface area contributed by atoms with Crippen LogP contribution in [-0.2, 0) is 20.9 Å². The lowest BCUT2D eigenvalue weighted by Gasteiger charge is -2.14. The summed E-state index contributed by atoms with van der Waals surface area (Å²) in [4.78, 5) is 23.3. The quantitative estimate of drug-likeness (QED) is 0.579. The number of carbonyl (C=O) groups is 2. The molecule has 9 heteroatoms. The van der Waals surface area contributed by atoms with Crippen LogP contribution in [0.3, 0.4) is 0 Å². The van der Waals surface area contributed by atoms with Crippen molar-refractivity contribution in [2.75, 3.05) is 19.8 Å². The molecule has 0 aromatic heterocycles. The molecule has 31 heavy (non-hydrogen) atoms. The number of halogens is 1. The van der Waals surface area contributed by atoms with Crippen molar-refractivity contribution >= 4 is 29.1 Å². The summed E-state index contributed by atoms with van der Waals surface area (Å²) in [5.41, 5.74) is 4.97. The highest BCUT2D eigenvalue weighted by molar-refractivity contribution is 6.32. The molecule has 2 heterocycles. The fourth-order valence-electron chi connectivity index (χ4n) is 2.93. The highest BCUT2D eigenvalue weighted by atomic mass is 35.5. The fraction of sp³-hybridized carbons (Fsp3) is 0.318. The van der Waals surface area contributed by atoms with E-state index in [0.717, 1.165) is 29.2 Å². The van der Waals surface area contributed by atoms with Crippen LogP contribution in [0.5, 0.6) is 11.5 Å². The van der Waals surface area contributed by atoms with Gasteiger partial charge in [-0.05, 0) is 41.5 Å². The van der Waals surface area contributed by atoms with E-state index in [1.807, 2.05) is 24.3 Å². The molecule has 8 nitrogen and oxygen atoms in total. The van der Waals surface area contributed by atoms with Crippen LogP contribution in [0.15, 0.2) is 47.6 Å². The highest BCUT2D eigenvalue weighted by Crippen LogP contribution is 2.26. The van der Waals surface area contributed by atoms with E-state index in [4.69, 9.17) is 25.8 Å². The first-order valence-electron chi connectivity index (χ1n) is 9.95. The molecule has 0 saturated carbocycles. The predicted molar refractivity (Wildman–Crippen MR) is 114 cm³/mol. The van der Waals surface area contributed by atoms with Crippen molar-refractivity contribution in [3.05, 3.63) is 58.6 Å². The molecule has 0 unspecified atom stereocenters. The number of rotatable bonds is 9. The first-order valence-corrected chi connectivity index (χ1v) is 10.3. The van der Waals surface area contributed by atoms with Gasteiger partial charge < -0.3 is 19.5 Å². The summed E-state index contributed by atoms with van der Waals surface area (Å²) in [6.07, 6.45) is 1.15. The van der Waals surface area contributed by atoms with Crippen LogP contribution in [0.2, 0.25) is 5.02 Å². The Kier molecular flexibility index (Phi) is 6.69. The maximum Gasteiger partial charge on any atom is 0.258 e. The number of amides is 2. The van der Waals surface area contributed by atoms with E-state index in [9.17, 15) is 9.59 Å². The van der Waals surface area contributed by atoms with Gasteiger partial charge in [0.05, 0.1) is 17.3 Å². The van der Waals surface area contributed by atoms with Gasteiger partial charge in [0, 0.05) is 19.4 Å². The number of epoxide rings is 1. The van der Waals surface area contributed by atoms with Crippen LogP contribution in [0.25, 0.3) is 0 Å². The van der Waals surface area contributed by atoms with E-state index in [1.165, 1.54) is 0 Å². The van der Waals surface area contributed by atoms with E-state index >= 15 is 0 Å². The van der Waals surface area contributed by atoms with Crippen LogP contribution < -0.4 is 20.2 Å². The summed E-state index contributed by atoms with van der Waals surface area (Å²) in [6.45, 7) is 1.54. The fourth-order valence-corrected chi connectivity index (χ4v) is 3.17. The largest absolute Gasteiger partial charge is 0.491 e. The van der Waals surface area contributed by atoms with Crippen LogP contribution >= 0.6 is 11.6 Å². The zero-order valence-electron chi connectivity index (χ0n) is 16.7. The van der Waals surface area contributed by atoms with Crippen molar-refractivity contribution in [1.29, 1.82) is 0 Å². The smallest absolute Gasteiger partial charge is 0.258 e. The Hall–Kier alpha value is -3.10. The summed E-state index contributed by atoms with van der Waals surface area (Å²) >= 11 is 6.28. The van der Waals surface area contributed by atoms with Crippen molar-refractivity contribution in [2.45, 2.75) is 25.5 Å². The van der Waals surface area contributed by atoms with Crippen molar-refractivity contribution in [3.8, 4) is 11.5 Å². The third-order valence-corrected chi connectivity index (χ3v) is 5.07. The van der Waals surface area contributed by atoms with Crippen LogP contribution in [0.4, 0.5) is 0 Å². The Balaban J connectivity index is 1.22. The average Bonchev–Trinajstić information content (AvgIpc) is 3.61. The molecule has 1 saturated heterocycles. The van der Waals surface area contributed by atoms with Gasteiger partial charge in [-0.1, -0.05) is 23.7 Å². The second kappa shape index (κ2) is 9.80.